The van der Waals surface area contributed by atoms with Gasteiger partial charge in [0.05, 0.1) is 7.11 Å². The molecule has 17 heavy (non-hydrogen) atoms. The standard InChI is InChI=1S/C15H16O2/c1-17-14-5-4-10-6-12(3-2-11(10)7-14)15-8-13(15)9-16/h2-7,13,15-16H,8-9H2,1H3. The van der Waals surface area contributed by atoms with Crippen molar-refractivity contribution >= 4 is 10.8 Å². The van der Waals surface area contributed by atoms with Gasteiger partial charge in [-0.3, -0.25) is 0 Å². The molecule has 0 heterocycles. The molecule has 2 aromatic carbocycles. The fourth-order valence-electron chi connectivity index (χ4n) is 2.46. The Morgan fingerprint density at radius 2 is 1.94 bits per heavy atom. The summed E-state index contributed by atoms with van der Waals surface area (Å²) < 4.78 is 5.21. The molecule has 0 spiro atoms. The summed E-state index contributed by atoms with van der Waals surface area (Å²) in [6.45, 7) is 0.311. The van der Waals surface area contributed by atoms with Crippen LogP contribution in [0.15, 0.2) is 36.4 Å². The first-order chi connectivity index (χ1) is 8.31. The van der Waals surface area contributed by atoms with Gasteiger partial charge in [0.1, 0.15) is 5.75 Å². The Morgan fingerprint density at radius 1 is 1.18 bits per heavy atom. The highest BCUT2D eigenvalue weighted by Gasteiger charge is 2.37. The summed E-state index contributed by atoms with van der Waals surface area (Å²) in [6.07, 6.45) is 1.12. The average molecular weight is 228 g/mol. The lowest BCUT2D eigenvalue weighted by molar-refractivity contribution is 0.274. The second kappa shape index (κ2) is 4.04. The van der Waals surface area contributed by atoms with Crippen molar-refractivity contribution in [3.63, 3.8) is 0 Å². The van der Waals surface area contributed by atoms with Crippen molar-refractivity contribution < 1.29 is 9.84 Å². The maximum atomic E-state index is 9.10. The van der Waals surface area contributed by atoms with E-state index in [1.807, 2.05) is 6.07 Å². The fraction of sp³-hybridized carbons (Fsp3) is 0.333. The maximum Gasteiger partial charge on any atom is 0.119 e. The van der Waals surface area contributed by atoms with Gasteiger partial charge < -0.3 is 9.84 Å². The summed E-state index contributed by atoms with van der Waals surface area (Å²) in [5.41, 5.74) is 1.35. The zero-order valence-electron chi connectivity index (χ0n) is 9.89. The monoisotopic (exact) mass is 228 g/mol. The van der Waals surface area contributed by atoms with Crippen LogP contribution >= 0.6 is 0 Å². The van der Waals surface area contributed by atoms with E-state index in [1.54, 1.807) is 7.11 Å². The minimum Gasteiger partial charge on any atom is -0.497 e. The van der Waals surface area contributed by atoms with Gasteiger partial charge in [0.15, 0.2) is 0 Å². The number of benzene rings is 2. The Balaban J connectivity index is 1.97. The van der Waals surface area contributed by atoms with Crippen LogP contribution in [-0.2, 0) is 0 Å². The van der Waals surface area contributed by atoms with Gasteiger partial charge in [-0.2, -0.15) is 0 Å². The minimum absolute atomic E-state index is 0.311. The Bertz CT molecular complexity index is 548. The first-order valence-electron chi connectivity index (χ1n) is 6.00. The van der Waals surface area contributed by atoms with Crippen LogP contribution in [0.1, 0.15) is 17.9 Å². The Morgan fingerprint density at radius 3 is 2.65 bits per heavy atom. The molecule has 0 amide bonds. The summed E-state index contributed by atoms with van der Waals surface area (Å²) in [5, 5.41) is 11.5. The maximum absolute atomic E-state index is 9.10. The van der Waals surface area contributed by atoms with Gasteiger partial charge in [-0.05, 0) is 46.7 Å². The number of hydrogen-bond acceptors (Lipinski definition) is 2. The molecule has 2 aromatic rings. The van der Waals surface area contributed by atoms with Crippen molar-refractivity contribution in [1.82, 2.24) is 0 Å². The van der Waals surface area contributed by atoms with Gasteiger partial charge >= 0.3 is 0 Å². The number of aliphatic hydroxyl groups excluding tert-OH is 1. The molecule has 0 saturated heterocycles. The van der Waals surface area contributed by atoms with E-state index < -0.39 is 0 Å². The number of rotatable bonds is 3. The minimum atomic E-state index is 0.311. The molecule has 2 nitrogen and oxygen atoms in total. The SMILES string of the molecule is COc1ccc2cc(C3CC3CO)ccc2c1. The molecule has 1 aliphatic carbocycles. The zero-order valence-corrected chi connectivity index (χ0v) is 9.89. The molecule has 2 unspecified atom stereocenters. The highest BCUT2D eigenvalue weighted by Crippen LogP contribution is 2.47. The molecule has 0 aliphatic heterocycles. The zero-order chi connectivity index (χ0) is 11.8. The lowest BCUT2D eigenvalue weighted by Crippen LogP contribution is -1.89. The lowest BCUT2D eigenvalue weighted by atomic mass is 10.0. The van der Waals surface area contributed by atoms with Crippen molar-refractivity contribution in [2.45, 2.75) is 12.3 Å². The molecule has 88 valence electrons. The van der Waals surface area contributed by atoms with Crippen LogP contribution in [-0.4, -0.2) is 18.8 Å². The van der Waals surface area contributed by atoms with Crippen LogP contribution in [0.4, 0.5) is 0 Å². The predicted molar refractivity (Wildman–Crippen MR) is 68.4 cm³/mol. The van der Waals surface area contributed by atoms with E-state index >= 15 is 0 Å². The number of methoxy groups -OCH3 is 1. The number of aliphatic hydroxyl groups is 1. The van der Waals surface area contributed by atoms with E-state index in [0.29, 0.717) is 18.4 Å². The second-order valence-electron chi connectivity index (χ2n) is 4.76. The van der Waals surface area contributed by atoms with Gasteiger partial charge in [-0.25, -0.2) is 0 Å². The Labute approximate surface area is 101 Å². The van der Waals surface area contributed by atoms with Crippen LogP contribution in [0.2, 0.25) is 0 Å². The van der Waals surface area contributed by atoms with Gasteiger partial charge in [-0.1, -0.05) is 24.3 Å². The summed E-state index contributed by atoms with van der Waals surface area (Å²) in [5.74, 6) is 1.93. The summed E-state index contributed by atoms with van der Waals surface area (Å²) in [7, 11) is 1.69. The van der Waals surface area contributed by atoms with Gasteiger partial charge in [0.2, 0.25) is 0 Å². The van der Waals surface area contributed by atoms with Crippen LogP contribution < -0.4 is 4.74 Å². The van der Waals surface area contributed by atoms with E-state index in [2.05, 4.69) is 30.3 Å². The molecule has 0 bridgehead atoms. The van der Waals surface area contributed by atoms with E-state index in [1.165, 1.54) is 16.3 Å². The van der Waals surface area contributed by atoms with Crippen molar-refractivity contribution in [2.24, 2.45) is 5.92 Å². The third kappa shape index (κ3) is 1.89. The third-order valence-electron chi connectivity index (χ3n) is 3.66. The smallest absolute Gasteiger partial charge is 0.119 e. The largest absolute Gasteiger partial charge is 0.497 e. The highest BCUT2D eigenvalue weighted by molar-refractivity contribution is 5.84. The fourth-order valence-corrected chi connectivity index (χ4v) is 2.46. The molecule has 1 fully saturated rings. The molecule has 0 radical (unpaired) electrons. The molecule has 1 aliphatic rings. The highest BCUT2D eigenvalue weighted by atomic mass is 16.5. The van der Waals surface area contributed by atoms with Crippen molar-refractivity contribution in [3.05, 3.63) is 42.0 Å². The molecule has 2 atom stereocenters. The first kappa shape index (κ1) is 10.6. The molecule has 1 saturated carbocycles. The van der Waals surface area contributed by atoms with Gasteiger partial charge in [0, 0.05) is 6.61 Å². The molecule has 2 heteroatoms. The lowest BCUT2D eigenvalue weighted by Gasteiger charge is -2.05. The normalized spacial score (nSPS) is 22.7. The van der Waals surface area contributed by atoms with Crippen LogP contribution in [0.3, 0.4) is 0 Å². The van der Waals surface area contributed by atoms with E-state index in [9.17, 15) is 0 Å². The Hall–Kier alpha value is -1.54. The summed E-state index contributed by atoms with van der Waals surface area (Å²) in [6, 6.07) is 12.7. The molecular weight excluding hydrogens is 212 g/mol. The van der Waals surface area contributed by atoms with Gasteiger partial charge in [-0.15, -0.1) is 0 Å². The molecular formula is C15H16O2. The molecule has 3 rings (SSSR count). The van der Waals surface area contributed by atoms with E-state index in [0.717, 1.165) is 12.2 Å². The number of ether oxygens (including phenoxy) is 1. The Kier molecular flexibility index (Phi) is 2.52. The first-order valence-corrected chi connectivity index (χ1v) is 6.00. The van der Waals surface area contributed by atoms with Crippen LogP contribution in [0, 0.1) is 5.92 Å². The van der Waals surface area contributed by atoms with Crippen molar-refractivity contribution in [3.8, 4) is 5.75 Å². The van der Waals surface area contributed by atoms with Crippen LogP contribution in [0.5, 0.6) is 5.75 Å². The number of fused-ring (bicyclic) bond motifs is 1. The molecule has 1 N–H and O–H groups in total. The third-order valence-corrected chi connectivity index (χ3v) is 3.66. The molecule has 0 aromatic heterocycles. The summed E-state index contributed by atoms with van der Waals surface area (Å²) in [4.78, 5) is 0. The van der Waals surface area contributed by atoms with Gasteiger partial charge in [0.25, 0.3) is 0 Å². The second-order valence-corrected chi connectivity index (χ2v) is 4.76. The van der Waals surface area contributed by atoms with E-state index in [-0.39, 0.29) is 0 Å². The van der Waals surface area contributed by atoms with E-state index in [4.69, 9.17) is 9.84 Å². The van der Waals surface area contributed by atoms with Crippen molar-refractivity contribution in [1.29, 1.82) is 0 Å². The number of hydrogen-bond donors (Lipinski definition) is 1. The predicted octanol–water partition coefficient (Wildman–Crippen LogP) is 2.94. The quantitative estimate of drug-likeness (QED) is 0.875. The van der Waals surface area contributed by atoms with Crippen LogP contribution in [0.25, 0.3) is 10.8 Å². The average Bonchev–Trinajstić information content (AvgIpc) is 3.17. The van der Waals surface area contributed by atoms with Crippen molar-refractivity contribution in [2.75, 3.05) is 13.7 Å². The summed E-state index contributed by atoms with van der Waals surface area (Å²) >= 11 is 0. The topological polar surface area (TPSA) is 29.5 Å².